The van der Waals surface area contributed by atoms with E-state index in [1.807, 2.05) is 19.1 Å². The van der Waals surface area contributed by atoms with E-state index >= 15 is 0 Å². The van der Waals surface area contributed by atoms with E-state index < -0.39 is 10.1 Å². The summed E-state index contributed by atoms with van der Waals surface area (Å²) in [5.74, 6) is 0.172. The highest BCUT2D eigenvalue weighted by molar-refractivity contribution is 9.10. The van der Waals surface area contributed by atoms with Gasteiger partial charge in [-0.1, -0.05) is 29.3 Å². The molecule has 0 heterocycles. The molecule has 3 rings (SSSR count). The fourth-order valence-corrected chi connectivity index (χ4v) is 4.08. The van der Waals surface area contributed by atoms with Crippen LogP contribution in [0.5, 0.6) is 5.75 Å². The van der Waals surface area contributed by atoms with Crippen molar-refractivity contribution in [2.75, 3.05) is 0 Å². The van der Waals surface area contributed by atoms with Gasteiger partial charge < -0.3 is 4.18 Å². The van der Waals surface area contributed by atoms with E-state index in [9.17, 15) is 8.42 Å². The topological polar surface area (TPSA) is 55.7 Å². The van der Waals surface area contributed by atoms with Gasteiger partial charge in [-0.25, -0.2) is 0 Å². The Morgan fingerprint density at radius 1 is 1.00 bits per heavy atom. The van der Waals surface area contributed by atoms with Crippen molar-refractivity contribution in [3.05, 3.63) is 86.3 Å². The summed E-state index contributed by atoms with van der Waals surface area (Å²) in [6, 6.07) is 16.3. The van der Waals surface area contributed by atoms with Crippen molar-refractivity contribution in [1.29, 1.82) is 0 Å². The molecule has 3 aromatic carbocycles. The minimum absolute atomic E-state index is 0.0192. The lowest BCUT2D eigenvalue weighted by atomic mass is 10.2. The molecule has 0 spiro atoms. The molecule has 0 radical (unpaired) electrons. The van der Waals surface area contributed by atoms with E-state index in [4.69, 9.17) is 27.4 Å². The molecule has 0 aliphatic heterocycles. The van der Waals surface area contributed by atoms with Crippen LogP contribution in [0.1, 0.15) is 11.1 Å². The molecule has 4 nitrogen and oxygen atoms in total. The van der Waals surface area contributed by atoms with Gasteiger partial charge in [-0.3, -0.25) is 4.99 Å². The quantitative estimate of drug-likeness (QED) is 0.294. The average Bonchev–Trinajstić information content (AvgIpc) is 2.65. The third kappa shape index (κ3) is 5.14. The summed E-state index contributed by atoms with van der Waals surface area (Å²) in [6.07, 6.45) is 1.66. The van der Waals surface area contributed by atoms with E-state index in [1.54, 1.807) is 30.5 Å². The lowest BCUT2D eigenvalue weighted by Gasteiger charge is -2.09. The molecule has 0 N–H and O–H groups in total. The summed E-state index contributed by atoms with van der Waals surface area (Å²) in [5, 5.41) is 1.09. The predicted molar refractivity (Wildman–Crippen MR) is 117 cm³/mol. The normalized spacial score (nSPS) is 11.7. The Morgan fingerprint density at radius 2 is 1.71 bits per heavy atom. The maximum absolute atomic E-state index is 12.4. The van der Waals surface area contributed by atoms with Gasteiger partial charge in [0.05, 0.1) is 10.2 Å². The Kier molecular flexibility index (Phi) is 6.45. The number of aryl methyl sites for hydroxylation is 1. The lowest BCUT2D eigenvalue weighted by molar-refractivity contribution is 0.484. The van der Waals surface area contributed by atoms with Crippen molar-refractivity contribution in [3.63, 3.8) is 0 Å². The van der Waals surface area contributed by atoms with E-state index in [0.717, 1.165) is 16.8 Å². The highest BCUT2D eigenvalue weighted by Crippen LogP contribution is 2.29. The molecule has 0 unspecified atom stereocenters. The van der Waals surface area contributed by atoms with Gasteiger partial charge in [0, 0.05) is 16.3 Å². The lowest BCUT2D eigenvalue weighted by Crippen LogP contribution is -2.10. The number of benzene rings is 3. The Bertz CT molecular complexity index is 1150. The number of nitrogens with zero attached hydrogens (tertiary/aromatic N) is 1. The Balaban J connectivity index is 1.79. The zero-order valence-electron chi connectivity index (χ0n) is 14.6. The molecule has 0 saturated heterocycles. The number of hydrogen-bond donors (Lipinski definition) is 0. The van der Waals surface area contributed by atoms with Gasteiger partial charge in [0.25, 0.3) is 0 Å². The van der Waals surface area contributed by atoms with Crippen molar-refractivity contribution in [3.8, 4) is 5.75 Å². The third-order valence-electron chi connectivity index (χ3n) is 3.78. The van der Waals surface area contributed by atoms with Gasteiger partial charge in [0.15, 0.2) is 5.75 Å². The van der Waals surface area contributed by atoms with Gasteiger partial charge in [-0.15, -0.1) is 0 Å². The molecule has 0 aliphatic rings. The summed E-state index contributed by atoms with van der Waals surface area (Å²) in [6.45, 7) is 1.92. The van der Waals surface area contributed by atoms with Crippen molar-refractivity contribution in [2.24, 2.45) is 4.99 Å². The van der Waals surface area contributed by atoms with Crippen molar-refractivity contribution >= 4 is 61.2 Å². The van der Waals surface area contributed by atoms with Crippen LogP contribution >= 0.6 is 39.1 Å². The standard InChI is InChI=1S/C20H14BrCl2NO3S/c1-13-2-6-16(11-19(13)23)24-12-14-3-9-20(18(21)10-14)27-28(25,26)17-7-4-15(22)5-8-17/h2-12H,1H3. The first-order valence-electron chi connectivity index (χ1n) is 8.04. The van der Waals surface area contributed by atoms with Crippen LogP contribution in [0.2, 0.25) is 10.0 Å². The zero-order valence-corrected chi connectivity index (χ0v) is 18.5. The molecule has 0 aromatic heterocycles. The van der Waals surface area contributed by atoms with Crippen LogP contribution in [0.25, 0.3) is 0 Å². The third-order valence-corrected chi connectivity index (χ3v) is 6.30. The van der Waals surface area contributed by atoms with Crippen LogP contribution in [0, 0.1) is 6.92 Å². The van der Waals surface area contributed by atoms with Crippen molar-refractivity contribution in [1.82, 2.24) is 0 Å². The minimum atomic E-state index is -3.97. The maximum Gasteiger partial charge on any atom is 0.339 e. The largest absolute Gasteiger partial charge is 0.378 e. The van der Waals surface area contributed by atoms with Crippen LogP contribution in [0.3, 0.4) is 0 Å². The Labute approximate surface area is 182 Å². The first-order chi connectivity index (χ1) is 13.2. The van der Waals surface area contributed by atoms with Crippen molar-refractivity contribution < 1.29 is 12.6 Å². The summed E-state index contributed by atoms with van der Waals surface area (Å²) in [5.41, 5.74) is 2.46. The molecule has 0 atom stereocenters. The summed E-state index contributed by atoms with van der Waals surface area (Å²) < 4.78 is 30.5. The van der Waals surface area contributed by atoms with E-state index in [-0.39, 0.29) is 10.6 Å². The SMILES string of the molecule is Cc1ccc(N=Cc2ccc(OS(=O)(=O)c3ccc(Cl)cc3)c(Br)c2)cc1Cl. The summed E-state index contributed by atoms with van der Waals surface area (Å²) in [4.78, 5) is 4.40. The number of aliphatic imine (C=N–C) groups is 1. The molecular weight excluding hydrogens is 485 g/mol. The first kappa shape index (κ1) is 20.9. The molecule has 0 amide bonds. The molecule has 0 saturated carbocycles. The molecular formula is C20H14BrCl2NO3S. The molecule has 0 bridgehead atoms. The van der Waals surface area contributed by atoms with Gasteiger partial charge in [0.1, 0.15) is 4.90 Å². The van der Waals surface area contributed by atoms with Gasteiger partial charge in [0.2, 0.25) is 0 Å². The molecule has 144 valence electrons. The molecule has 0 aliphatic carbocycles. The van der Waals surface area contributed by atoms with Crippen LogP contribution in [0.15, 0.2) is 75.0 Å². The Morgan fingerprint density at radius 3 is 2.36 bits per heavy atom. The van der Waals surface area contributed by atoms with Gasteiger partial charge in [-0.05, 0) is 88.6 Å². The molecule has 0 fully saturated rings. The minimum Gasteiger partial charge on any atom is -0.378 e. The van der Waals surface area contributed by atoms with Gasteiger partial charge >= 0.3 is 10.1 Å². The highest BCUT2D eigenvalue weighted by Gasteiger charge is 2.18. The van der Waals surface area contributed by atoms with Crippen molar-refractivity contribution in [2.45, 2.75) is 11.8 Å². The zero-order chi connectivity index (χ0) is 20.3. The highest BCUT2D eigenvalue weighted by atomic mass is 79.9. The summed E-state index contributed by atoms with van der Waals surface area (Å²) in [7, 11) is -3.97. The first-order valence-corrected chi connectivity index (χ1v) is 11.0. The number of halogens is 3. The van der Waals surface area contributed by atoms with E-state index in [1.165, 1.54) is 24.3 Å². The fourth-order valence-electron chi connectivity index (χ4n) is 2.24. The Hall–Kier alpha value is -1.86. The summed E-state index contributed by atoms with van der Waals surface area (Å²) >= 11 is 15.2. The number of rotatable bonds is 5. The molecule has 28 heavy (non-hydrogen) atoms. The smallest absolute Gasteiger partial charge is 0.339 e. The molecule has 3 aromatic rings. The van der Waals surface area contributed by atoms with Crippen LogP contribution in [0.4, 0.5) is 5.69 Å². The second kappa shape index (κ2) is 8.66. The predicted octanol–water partition coefficient (Wildman–Crippen LogP) is 6.58. The van der Waals surface area contributed by atoms with Crippen LogP contribution < -0.4 is 4.18 Å². The van der Waals surface area contributed by atoms with Crippen LogP contribution in [-0.4, -0.2) is 14.6 Å². The maximum atomic E-state index is 12.4. The second-order valence-corrected chi connectivity index (χ2v) is 9.12. The second-order valence-electron chi connectivity index (χ2n) is 5.87. The fraction of sp³-hybridized carbons (Fsp3) is 0.0500. The molecule has 8 heteroatoms. The van der Waals surface area contributed by atoms with Crippen LogP contribution in [-0.2, 0) is 10.1 Å². The van der Waals surface area contributed by atoms with Gasteiger partial charge in [-0.2, -0.15) is 8.42 Å². The van der Waals surface area contributed by atoms with E-state index in [0.29, 0.717) is 14.5 Å². The van der Waals surface area contributed by atoms with E-state index in [2.05, 4.69) is 20.9 Å². The number of hydrogen-bond acceptors (Lipinski definition) is 4. The monoisotopic (exact) mass is 497 g/mol. The average molecular weight is 499 g/mol.